The Balaban J connectivity index is 2.75. The van der Waals surface area contributed by atoms with Gasteiger partial charge in [-0.1, -0.05) is 34.6 Å². The summed E-state index contributed by atoms with van der Waals surface area (Å²) in [6, 6.07) is -0.0630. The van der Waals surface area contributed by atoms with Crippen LogP contribution in [-0.4, -0.2) is 12.6 Å². The first-order chi connectivity index (χ1) is 7.66. The molecular weight excluding hydrogens is 216 g/mol. The lowest BCUT2D eigenvalue weighted by atomic mass is 9.87. The van der Waals surface area contributed by atoms with E-state index in [0.717, 1.165) is 0 Å². The van der Waals surface area contributed by atoms with Crippen LogP contribution in [0.4, 0.5) is 5.69 Å². The van der Waals surface area contributed by atoms with Crippen LogP contribution in [-0.2, 0) is 0 Å². The Morgan fingerprint density at radius 1 is 1.18 bits per heavy atom. The molecule has 0 aliphatic rings. The molecule has 0 unspecified atom stereocenters. The summed E-state index contributed by atoms with van der Waals surface area (Å²) in [7, 11) is 0. The van der Waals surface area contributed by atoms with Gasteiger partial charge in [-0.25, -0.2) is 0 Å². The molecule has 0 saturated carbocycles. The summed E-state index contributed by atoms with van der Waals surface area (Å²) in [5.74, 6) is 0.0774. The number of hydrogen-bond acceptors (Lipinski definition) is 4. The molecule has 4 nitrogen and oxygen atoms in total. The first-order valence-corrected chi connectivity index (χ1v) is 5.99. The van der Waals surface area contributed by atoms with Crippen LogP contribution in [0, 0.1) is 5.41 Å². The number of nitrogens with one attached hydrogen (secondary N) is 1. The molecule has 3 N–H and O–H groups in total. The van der Waals surface area contributed by atoms with Crippen LogP contribution >= 0.6 is 0 Å². The molecule has 0 aromatic heterocycles. The van der Waals surface area contributed by atoms with E-state index in [2.05, 4.69) is 5.32 Å². The largest absolute Gasteiger partial charge is 0.380 e. The quantitative estimate of drug-likeness (QED) is 0.773. The van der Waals surface area contributed by atoms with Gasteiger partial charge in [0, 0.05) is 18.2 Å². The van der Waals surface area contributed by atoms with E-state index < -0.39 is 5.43 Å². The minimum Gasteiger partial charge on any atom is -0.380 e. The van der Waals surface area contributed by atoms with Gasteiger partial charge in [-0.15, -0.1) is 0 Å². The maximum absolute atomic E-state index is 11.4. The van der Waals surface area contributed by atoms with Crippen molar-refractivity contribution in [3.05, 3.63) is 26.0 Å². The first-order valence-electron chi connectivity index (χ1n) is 5.99. The Kier molecular flexibility index (Phi) is 3.77. The van der Waals surface area contributed by atoms with Gasteiger partial charge in [0.25, 0.3) is 0 Å². The Labute approximate surface area is 102 Å². The molecule has 17 heavy (non-hydrogen) atoms. The summed E-state index contributed by atoms with van der Waals surface area (Å²) < 4.78 is 0. The molecule has 1 aromatic rings. The van der Waals surface area contributed by atoms with Crippen LogP contribution in [0.2, 0.25) is 0 Å². The Morgan fingerprint density at radius 2 is 1.71 bits per heavy atom. The zero-order valence-corrected chi connectivity index (χ0v) is 11.3. The van der Waals surface area contributed by atoms with Crippen molar-refractivity contribution in [2.75, 3.05) is 11.9 Å². The molecule has 1 aromatic carbocycles. The maximum atomic E-state index is 11.4. The van der Waals surface area contributed by atoms with Crippen LogP contribution in [0.15, 0.2) is 9.59 Å². The minimum absolute atomic E-state index is 0.0254. The van der Waals surface area contributed by atoms with Crippen LogP contribution in [0.5, 0.6) is 0 Å². The topological polar surface area (TPSA) is 72.2 Å². The summed E-state index contributed by atoms with van der Waals surface area (Å²) in [5.41, 5.74) is 6.28. The van der Waals surface area contributed by atoms with Gasteiger partial charge in [-0.2, -0.15) is 0 Å². The fourth-order valence-electron chi connectivity index (χ4n) is 1.65. The van der Waals surface area contributed by atoms with E-state index in [-0.39, 0.29) is 22.8 Å². The van der Waals surface area contributed by atoms with E-state index >= 15 is 0 Å². The van der Waals surface area contributed by atoms with Gasteiger partial charge in [-0.05, 0) is 11.3 Å². The van der Waals surface area contributed by atoms with Crippen molar-refractivity contribution in [2.45, 2.75) is 46.6 Å². The third-order valence-electron chi connectivity index (χ3n) is 3.14. The lowest BCUT2D eigenvalue weighted by molar-refractivity contribution is 0.331. The molecule has 96 valence electrons. The van der Waals surface area contributed by atoms with E-state index in [1.165, 1.54) is 0 Å². The summed E-state index contributed by atoms with van der Waals surface area (Å²) in [6.45, 7) is 10.5. The molecule has 0 aliphatic heterocycles. The fourth-order valence-corrected chi connectivity index (χ4v) is 1.65. The normalized spacial score (nSPS) is 14.3. The molecule has 0 fully saturated rings. The van der Waals surface area contributed by atoms with Gasteiger partial charge >= 0.3 is 0 Å². The lowest BCUT2D eigenvalue weighted by Crippen LogP contribution is -2.45. The molecule has 1 rings (SSSR count). The molecule has 0 bridgehead atoms. The molecule has 0 aliphatic carbocycles. The highest BCUT2D eigenvalue weighted by Gasteiger charge is 2.25. The van der Waals surface area contributed by atoms with Gasteiger partial charge in [0.05, 0.1) is 5.69 Å². The van der Waals surface area contributed by atoms with Crippen molar-refractivity contribution in [3.8, 4) is 0 Å². The standard InChI is InChI=1S/C13H22N2O2/c1-7(2)9-10(12(17)11(9)16)15-6-8(14)13(3,4)5/h7-8,15H,6,14H2,1-5H3/t8-/m1/s1. The predicted octanol–water partition coefficient (Wildman–Crippen LogP) is 1.19. The van der Waals surface area contributed by atoms with E-state index in [1.807, 2.05) is 34.6 Å². The van der Waals surface area contributed by atoms with E-state index in [1.54, 1.807) is 0 Å². The molecule has 0 heterocycles. The Bertz CT molecular complexity index is 462. The van der Waals surface area contributed by atoms with Crippen molar-refractivity contribution < 1.29 is 0 Å². The van der Waals surface area contributed by atoms with Gasteiger partial charge < -0.3 is 11.1 Å². The number of nitrogens with two attached hydrogens (primary N) is 1. The third kappa shape index (κ3) is 2.75. The number of rotatable bonds is 4. The van der Waals surface area contributed by atoms with Crippen LogP contribution in [0.25, 0.3) is 0 Å². The number of anilines is 1. The average molecular weight is 238 g/mol. The van der Waals surface area contributed by atoms with E-state index in [4.69, 9.17) is 5.73 Å². The lowest BCUT2D eigenvalue weighted by Gasteiger charge is -2.28. The zero-order chi connectivity index (χ0) is 13.4. The predicted molar refractivity (Wildman–Crippen MR) is 71.4 cm³/mol. The van der Waals surface area contributed by atoms with Crippen LogP contribution in [0.1, 0.15) is 46.1 Å². The van der Waals surface area contributed by atoms with Gasteiger partial charge in [0.15, 0.2) is 0 Å². The van der Waals surface area contributed by atoms with Crippen LogP contribution in [0.3, 0.4) is 0 Å². The van der Waals surface area contributed by atoms with E-state index in [9.17, 15) is 9.59 Å². The van der Waals surface area contributed by atoms with E-state index in [0.29, 0.717) is 17.8 Å². The van der Waals surface area contributed by atoms with Crippen molar-refractivity contribution in [2.24, 2.45) is 11.1 Å². The second-order valence-electron chi connectivity index (χ2n) is 5.96. The third-order valence-corrected chi connectivity index (χ3v) is 3.14. The average Bonchev–Trinajstić information content (AvgIpc) is 2.20. The monoisotopic (exact) mass is 238 g/mol. The SMILES string of the molecule is CC(C)c1c(NC[C@@H](N)C(C)(C)C)c(=O)c1=O. The summed E-state index contributed by atoms with van der Waals surface area (Å²) in [5, 5.41) is 3.02. The van der Waals surface area contributed by atoms with Crippen LogP contribution < -0.4 is 21.9 Å². The highest BCUT2D eigenvalue weighted by Crippen LogP contribution is 2.21. The highest BCUT2D eigenvalue weighted by atomic mass is 16.2. The maximum Gasteiger partial charge on any atom is 0.249 e. The highest BCUT2D eigenvalue weighted by molar-refractivity contribution is 5.57. The summed E-state index contributed by atoms with van der Waals surface area (Å²) in [4.78, 5) is 22.8. The molecule has 0 saturated heterocycles. The first kappa shape index (κ1) is 13.9. The number of hydrogen-bond donors (Lipinski definition) is 2. The van der Waals surface area contributed by atoms with Gasteiger partial charge in [-0.3, -0.25) is 9.59 Å². The Hall–Kier alpha value is -1.16. The van der Waals surface area contributed by atoms with Crippen molar-refractivity contribution in [3.63, 3.8) is 0 Å². The molecular formula is C13H22N2O2. The fraction of sp³-hybridized carbons (Fsp3) is 0.692. The molecule has 0 radical (unpaired) electrons. The molecule has 1 atom stereocenters. The summed E-state index contributed by atoms with van der Waals surface area (Å²) in [6.07, 6.45) is 0. The summed E-state index contributed by atoms with van der Waals surface area (Å²) >= 11 is 0. The van der Waals surface area contributed by atoms with Crippen molar-refractivity contribution in [1.29, 1.82) is 0 Å². The molecule has 4 heteroatoms. The molecule has 0 spiro atoms. The second-order valence-corrected chi connectivity index (χ2v) is 5.96. The zero-order valence-electron chi connectivity index (χ0n) is 11.3. The smallest absolute Gasteiger partial charge is 0.249 e. The van der Waals surface area contributed by atoms with Gasteiger partial charge in [0.1, 0.15) is 0 Å². The minimum atomic E-state index is -0.408. The second kappa shape index (κ2) is 4.61. The van der Waals surface area contributed by atoms with Crippen molar-refractivity contribution in [1.82, 2.24) is 0 Å². The van der Waals surface area contributed by atoms with Crippen molar-refractivity contribution >= 4 is 5.69 Å². The Morgan fingerprint density at radius 3 is 2.12 bits per heavy atom. The van der Waals surface area contributed by atoms with Gasteiger partial charge in [0.2, 0.25) is 10.9 Å². The molecule has 0 amide bonds.